The Kier molecular flexibility index (Phi) is 1.95. The lowest BCUT2D eigenvalue weighted by molar-refractivity contribution is 0.136. The highest BCUT2D eigenvalue weighted by Gasteiger charge is 2.52. The lowest BCUT2D eigenvalue weighted by Crippen LogP contribution is -2.41. The Labute approximate surface area is 76.1 Å². The molecule has 1 saturated carbocycles. The van der Waals surface area contributed by atoms with Crippen LogP contribution in [0.5, 0.6) is 0 Å². The van der Waals surface area contributed by atoms with Crippen LogP contribution in [0.1, 0.15) is 40.5 Å². The monoisotopic (exact) mass is 167 g/mol. The molecule has 0 spiro atoms. The second kappa shape index (κ2) is 2.73. The second-order valence-electron chi connectivity index (χ2n) is 5.15. The van der Waals surface area contributed by atoms with E-state index in [0.717, 1.165) is 30.0 Å². The largest absolute Gasteiger partial charge is 0.294 e. The number of rotatable bonds is 2. The molecule has 0 aromatic carbocycles. The zero-order chi connectivity index (χ0) is 8.88. The third kappa shape index (κ3) is 1.19. The molecule has 1 heteroatoms. The van der Waals surface area contributed by atoms with Gasteiger partial charge >= 0.3 is 0 Å². The molecule has 3 atom stereocenters. The van der Waals surface area contributed by atoms with Gasteiger partial charge in [-0.05, 0) is 38.5 Å². The van der Waals surface area contributed by atoms with Crippen molar-refractivity contribution in [2.24, 2.45) is 11.8 Å². The number of piperidine rings is 1. The van der Waals surface area contributed by atoms with Crippen molar-refractivity contribution < 1.29 is 0 Å². The second-order valence-corrected chi connectivity index (χ2v) is 5.15. The summed E-state index contributed by atoms with van der Waals surface area (Å²) in [7, 11) is 0. The average molecular weight is 167 g/mol. The van der Waals surface area contributed by atoms with Gasteiger partial charge in [0.2, 0.25) is 0 Å². The van der Waals surface area contributed by atoms with Crippen molar-refractivity contribution >= 4 is 0 Å². The quantitative estimate of drug-likeness (QED) is 0.611. The van der Waals surface area contributed by atoms with E-state index >= 15 is 0 Å². The van der Waals surface area contributed by atoms with E-state index in [2.05, 4.69) is 32.6 Å². The molecule has 1 saturated heterocycles. The van der Waals surface area contributed by atoms with Crippen LogP contribution >= 0.6 is 0 Å². The van der Waals surface area contributed by atoms with Crippen LogP contribution in [0.2, 0.25) is 0 Å². The molecule has 0 N–H and O–H groups in total. The smallest absolute Gasteiger partial charge is 0.0134 e. The van der Waals surface area contributed by atoms with Crippen molar-refractivity contribution in [1.29, 1.82) is 0 Å². The predicted octanol–water partition coefficient (Wildman–Crippen LogP) is 2.51. The van der Waals surface area contributed by atoms with Gasteiger partial charge in [-0.3, -0.25) is 4.90 Å². The first-order valence-corrected chi connectivity index (χ1v) is 5.38. The molecule has 2 fully saturated rings. The molecule has 1 nitrogen and oxygen atoms in total. The van der Waals surface area contributed by atoms with E-state index in [1.54, 1.807) is 0 Å². The fraction of sp³-hybridized carbons (Fsp3) is 1.00. The van der Waals surface area contributed by atoms with Crippen LogP contribution < -0.4 is 0 Å². The van der Waals surface area contributed by atoms with Crippen molar-refractivity contribution in [3.63, 3.8) is 0 Å². The van der Waals surface area contributed by atoms with Crippen LogP contribution in [0.15, 0.2) is 0 Å². The fourth-order valence-corrected chi connectivity index (χ4v) is 2.91. The lowest BCUT2D eigenvalue weighted by atomic mass is 9.99. The molecule has 0 amide bonds. The van der Waals surface area contributed by atoms with Gasteiger partial charge in [0, 0.05) is 18.1 Å². The van der Waals surface area contributed by atoms with Crippen LogP contribution in [0.4, 0.5) is 0 Å². The molecule has 12 heavy (non-hydrogen) atoms. The van der Waals surface area contributed by atoms with Crippen molar-refractivity contribution in [2.75, 3.05) is 0 Å². The molecule has 2 unspecified atom stereocenters. The van der Waals surface area contributed by atoms with Gasteiger partial charge in [-0.2, -0.15) is 0 Å². The Morgan fingerprint density at radius 1 is 1.08 bits per heavy atom. The van der Waals surface area contributed by atoms with Crippen molar-refractivity contribution in [3.05, 3.63) is 0 Å². The molecule has 2 aliphatic rings. The van der Waals surface area contributed by atoms with E-state index in [-0.39, 0.29) is 0 Å². The van der Waals surface area contributed by atoms with Gasteiger partial charge in [0.15, 0.2) is 0 Å². The van der Waals surface area contributed by atoms with Gasteiger partial charge in [0.1, 0.15) is 0 Å². The summed E-state index contributed by atoms with van der Waals surface area (Å²) in [6, 6.07) is 2.61. The Hall–Kier alpha value is -0.0400. The molecule has 70 valence electrons. The zero-order valence-corrected chi connectivity index (χ0v) is 8.75. The van der Waals surface area contributed by atoms with E-state index < -0.39 is 0 Å². The standard InChI is InChI=1S/C11H21N/c1-7(2)10-5-9-6-11(9)12(10)8(3)4/h7-11H,5-6H2,1-4H3/t9?,10-,11?/m0/s1. The normalized spacial score (nSPS) is 41.0. The van der Waals surface area contributed by atoms with Crippen LogP contribution in [-0.2, 0) is 0 Å². The van der Waals surface area contributed by atoms with Gasteiger partial charge in [0.25, 0.3) is 0 Å². The number of nitrogens with zero attached hydrogens (tertiary/aromatic N) is 1. The molecule has 0 aromatic rings. The molecule has 0 aromatic heterocycles. The zero-order valence-electron chi connectivity index (χ0n) is 8.75. The first kappa shape index (κ1) is 8.55. The van der Waals surface area contributed by atoms with E-state index in [9.17, 15) is 0 Å². The highest BCUT2D eigenvalue weighted by atomic mass is 15.3. The van der Waals surface area contributed by atoms with Crippen LogP contribution in [-0.4, -0.2) is 23.0 Å². The van der Waals surface area contributed by atoms with Crippen molar-refractivity contribution in [3.8, 4) is 0 Å². The molecule has 2 rings (SSSR count). The van der Waals surface area contributed by atoms with Crippen LogP contribution in [0.3, 0.4) is 0 Å². The maximum atomic E-state index is 2.76. The maximum Gasteiger partial charge on any atom is 0.0134 e. The van der Waals surface area contributed by atoms with E-state index in [1.807, 2.05) is 0 Å². The Bertz CT molecular complexity index is 174. The first-order chi connectivity index (χ1) is 5.61. The topological polar surface area (TPSA) is 3.24 Å². The summed E-state index contributed by atoms with van der Waals surface area (Å²) in [4.78, 5) is 2.76. The van der Waals surface area contributed by atoms with Crippen molar-refractivity contribution in [2.45, 2.75) is 58.7 Å². The molecule has 0 radical (unpaired) electrons. The summed E-state index contributed by atoms with van der Waals surface area (Å²) >= 11 is 0. The molecule has 1 aliphatic heterocycles. The summed E-state index contributed by atoms with van der Waals surface area (Å²) in [6.07, 6.45) is 2.96. The summed E-state index contributed by atoms with van der Waals surface area (Å²) in [5.41, 5.74) is 0. The average Bonchev–Trinajstić information content (AvgIpc) is 2.60. The third-order valence-corrected chi connectivity index (χ3v) is 3.56. The molecular weight excluding hydrogens is 146 g/mol. The van der Waals surface area contributed by atoms with Gasteiger partial charge in [-0.15, -0.1) is 0 Å². The SMILES string of the molecule is CC(C)[C@@H]1CC2CC2N1C(C)C. The summed E-state index contributed by atoms with van der Waals surface area (Å²) in [6.45, 7) is 9.42. The highest BCUT2D eigenvalue weighted by Crippen LogP contribution is 2.50. The Balaban J connectivity index is 2.06. The number of hydrogen-bond acceptors (Lipinski definition) is 1. The van der Waals surface area contributed by atoms with E-state index in [4.69, 9.17) is 0 Å². The van der Waals surface area contributed by atoms with Gasteiger partial charge in [-0.1, -0.05) is 13.8 Å². The third-order valence-electron chi connectivity index (χ3n) is 3.56. The minimum atomic E-state index is 0.759. The van der Waals surface area contributed by atoms with Crippen LogP contribution in [0, 0.1) is 11.8 Å². The van der Waals surface area contributed by atoms with E-state index in [1.165, 1.54) is 12.8 Å². The highest BCUT2D eigenvalue weighted by molar-refractivity contribution is 5.07. The first-order valence-electron chi connectivity index (χ1n) is 5.38. The van der Waals surface area contributed by atoms with Gasteiger partial charge in [-0.25, -0.2) is 0 Å². The summed E-state index contributed by atoms with van der Waals surface area (Å²) in [5, 5.41) is 0. The molecule has 1 aliphatic carbocycles. The number of likely N-dealkylation sites (tertiary alicyclic amines) is 1. The Morgan fingerprint density at radius 3 is 2.17 bits per heavy atom. The fourth-order valence-electron chi connectivity index (χ4n) is 2.91. The molecule has 1 heterocycles. The van der Waals surface area contributed by atoms with Gasteiger partial charge in [0.05, 0.1) is 0 Å². The van der Waals surface area contributed by atoms with Crippen LogP contribution in [0.25, 0.3) is 0 Å². The molecule has 0 bridgehead atoms. The number of fused-ring (bicyclic) bond motifs is 1. The maximum absolute atomic E-state index is 2.76. The van der Waals surface area contributed by atoms with Crippen molar-refractivity contribution in [1.82, 2.24) is 4.90 Å². The number of hydrogen-bond donors (Lipinski definition) is 0. The summed E-state index contributed by atoms with van der Waals surface area (Å²) in [5.74, 6) is 1.92. The lowest BCUT2D eigenvalue weighted by Gasteiger charge is -2.33. The molecular formula is C11H21N. The minimum Gasteiger partial charge on any atom is -0.294 e. The van der Waals surface area contributed by atoms with E-state index in [0.29, 0.717) is 0 Å². The Morgan fingerprint density at radius 2 is 1.75 bits per heavy atom. The predicted molar refractivity (Wildman–Crippen MR) is 52.1 cm³/mol. The van der Waals surface area contributed by atoms with Gasteiger partial charge < -0.3 is 0 Å². The minimum absolute atomic E-state index is 0.759. The summed E-state index contributed by atoms with van der Waals surface area (Å²) < 4.78 is 0.